The molecule has 186 valence electrons. The second kappa shape index (κ2) is 13.7. The zero-order valence-corrected chi connectivity index (χ0v) is 19.8. The zero-order valence-electron chi connectivity index (χ0n) is 19.8. The summed E-state index contributed by atoms with van der Waals surface area (Å²) in [5.74, 6) is 0.215. The van der Waals surface area contributed by atoms with Crippen molar-refractivity contribution < 1.29 is 9.59 Å². The third-order valence-corrected chi connectivity index (χ3v) is 4.62. The quantitative estimate of drug-likeness (QED) is 0.247. The van der Waals surface area contributed by atoms with Crippen molar-refractivity contribution in [2.24, 2.45) is 0 Å². The highest BCUT2D eigenvalue weighted by atomic mass is 16.2. The Kier molecular flexibility index (Phi) is 10.7. The standard InChI is InChI=1S/C21H33N9O4/c1-4-9-30(10-5-7-22-20(33)28-18-24-14(2)12-16(31)26-18)11-6-8-23-21(34)29-19-25-15(3)13-17(32)27-19/h12-13H,4-11H2,1-3H3,(H3,22,24,26,28,31,33)(H3,23,25,27,29,32,34). The molecule has 0 aliphatic heterocycles. The van der Waals surface area contributed by atoms with Crippen molar-refractivity contribution in [1.29, 1.82) is 0 Å². The molecule has 0 aliphatic carbocycles. The van der Waals surface area contributed by atoms with Gasteiger partial charge in [0, 0.05) is 36.6 Å². The van der Waals surface area contributed by atoms with Crippen molar-refractivity contribution in [3.8, 4) is 0 Å². The molecular weight excluding hydrogens is 442 g/mol. The van der Waals surface area contributed by atoms with Crippen LogP contribution in [-0.4, -0.2) is 69.6 Å². The number of nitrogens with one attached hydrogen (secondary N) is 6. The molecule has 0 bridgehead atoms. The maximum atomic E-state index is 12.0. The normalized spacial score (nSPS) is 10.7. The number of amides is 4. The number of anilines is 2. The van der Waals surface area contributed by atoms with Crippen molar-refractivity contribution in [1.82, 2.24) is 35.5 Å². The lowest BCUT2D eigenvalue weighted by Gasteiger charge is -2.21. The largest absolute Gasteiger partial charge is 0.338 e. The van der Waals surface area contributed by atoms with E-state index in [2.05, 4.69) is 53.0 Å². The Balaban J connectivity index is 1.63. The maximum absolute atomic E-state index is 12.0. The zero-order chi connectivity index (χ0) is 24.9. The predicted octanol–water partition coefficient (Wildman–Crippen LogP) is 0.905. The SMILES string of the molecule is CCCN(CCCNC(=O)Nc1nc(C)cc(=O)[nH]1)CCCNC(=O)Nc1nc(C)cc(=O)[nH]1. The Hall–Kier alpha value is -3.74. The summed E-state index contributed by atoms with van der Waals surface area (Å²) >= 11 is 0. The van der Waals surface area contributed by atoms with Gasteiger partial charge in [-0.05, 0) is 52.7 Å². The van der Waals surface area contributed by atoms with Gasteiger partial charge in [-0.2, -0.15) is 0 Å². The molecule has 0 aromatic carbocycles. The van der Waals surface area contributed by atoms with E-state index in [-0.39, 0.29) is 23.0 Å². The molecule has 13 heteroatoms. The lowest BCUT2D eigenvalue weighted by atomic mass is 10.3. The number of aromatic amines is 2. The van der Waals surface area contributed by atoms with Gasteiger partial charge in [0.25, 0.3) is 11.1 Å². The Morgan fingerprint density at radius 2 is 1.26 bits per heavy atom. The molecule has 2 aromatic heterocycles. The van der Waals surface area contributed by atoms with Gasteiger partial charge in [-0.25, -0.2) is 19.6 Å². The molecule has 4 amide bonds. The van der Waals surface area contributed by atoms with E-state index in [1.807, 2.05) is 0 Å². The summed E-state index contributed by atoms with van der Waals surface area (Å²) in [7, 11) is 0. The van der Waals surface area contributed by atoms with Gasteiger partial charge in [0.15, 0.2) is 0 Å². The number of carbonyl (C=O) groups excluding carboxylic acids is 2. The third kappa shape index (κ3) is 10.3. The fourth-order valence-corrected chi connectivity index (χ4v) is 3.24. The lowest BCUT2D eigenvalue weighted by Crippen LogP contribution is -2.35. The predicted molar refractivity (Wildman–Crippen MR) is 129 cm³/mol. The van der Waals surface area contributed by atoms with Crippen LogP contribution in [0.5, 0.6) is 0 Å². The number of carbonyl (C=O) groups is 2. The highest BCUT2D eigenvalue weighted by molar-refractivity contribution is 5.87. The van der Waals surface area contributed by atoms with Crippen LogP contribution in [0.4, 0.5) is 21.5 Å². The maximum Gasteiger partial charge on any atom is 0.321 e. The van der Waals surface area contributed by atoms with E-state index >= 15 is 0 Å². The molecule has 34 heavy (non-hydrogen) atoms. The van der Waals surface area contributed by atoms with Gasteiger partial charge in [0.1, 0.15) is 0 Å². The van der Waals surface area contributed by atoms with E-state index in [0.717, 1.165) is 38.9 Å². The van der Waals surface area contributed by atoms with Gasteiger partial charge in [-0.3, -0.25) is 30.2 Å². The van der Waals surface area contributed by atoms with E-state index in [1.165, 1.54) is 12.1 Å². The Morgan fingerprint density at radius 1 is 0.824 bits per heavy atom. The fourth-order valence-electron chi connectivity index (χ4n) is 3.24. The molecule has 2 aromatic rings. The van der Waals surface area contributed by atoms with Crippen LogP contribution in [0.1, 0.15) is 37.6 Å². The molecular formula is C21H33N9O4. The number of nitrogens with zero attached hydrogens (tertiary/aromatic N) is 3. The van der Waals surface area contributed by atoms with Gasteiger partial charge in [-0.1, -0.05) is 6.92 Å². The molecule has 6 N–H and O–H groups in total. The molecule has 2 rings (SSSR count). The van der Waals surface area contributed by atoms with Crippen LogP contribution in [0.25, 0.3) is 0 Å². The first-order valence-corrected chi connectivity index (χ1v) is 11.2. The summed E-state index contributed by atoms with van der Waals surface area (Å²) in [5.41, 5.74) is 0.379. The van der Waals surface area contributed by atoms with E-state index in [0.29, 0.717) is 24.5 Å². The number of H-pyrrole nitrogens is 2. The molecule has 0 fully saturated rings. The molecule has 0 radical (unpaired) electrons. The average Bonchev–Trinajstić information content (AvgIpc) is 2.72. The number of hydrogen-bond donors (Lipinski definition) is 6. The van der Waals surface area contributed by atoms with E-state index in [4.69, 9.17) is 0 Å². The minimum absolute atomic E-state index is 0.108. The minimum atomic E-state index is -0.435. The number of hydrogen-bond acceptors (Lipinski definition) is 7. The van der Waals surface area contributed by atoms with Crippen molar-refractivity contribution in [2.75, 3.05) is 43.4 Å². The highest BCUT2D eigenvalue weighted by Gasteiger charge is 2.08. The molecule has 0 atom stereocenters. The number of rotatable bonds is 12. The lowest BCUT2D eigenvalue weighted by molar-refractivity contribution is 0.245. The summed E-state index contributed by atoms with van der Waals surface area (Å²) in [4.78, 5) is 62.1. The topological polar surface area (TPSA) is 177 Å². The van der Waals surface area contributed by atoms with Crippen LogP contribution in [0.3, 0.4) is 0 Å². The van der Waals surface area contributed by atoms with Crippen LogP contribution in [-0.2, 0) is 0 Å². The van der Waals surface area contributed by atoms with Crippen LogP contribution >= 0.6 is 0 Å². The van der Waals surface area contributed by atoms with Gasteiger partial charge in [-0.15, -0.1) is 0 Å². The smallest absolute Gasteiger partial charge is 0.321 e. The fraction of sp³-hybridized carbons (Fsp3) is 0.524. The van der Waals surface area contributed by atoms with Crippen LogP contribution in [0.2, 0.25) is 0 Å². The van der Waals surface area contributed by atoms with Gasteiger partial charge in [0.2, 0.25) is 11.9 Å². The van der Waals surface area contributed by atoms with Crippen LogP contribution in [0.15, 0.2) is 21.7 Å². The summed E-state index contributed by atoms with van der Waals surface area (Å²) in [6, 6.07) is 1.82. The van der Waals surface area contributed by atoms with E-state index < -0.39 is 12.1 Å². The molecule has 2 heterocycles. The van der Waals surface area contributed by atoms with Crippen LogP contribution < -0.4 is 32.4 Å². The van der Waals surface area contributed by atoms with Gasteiger partial charge in [0.05, 0.1) is 0 Å². The summed E-state index contributed by atoms with van der Waals surface area (Å²) in [6.45, 7) is 8.84. The Bertz CT molecular complexity index is 985. The number of aryl methyl sites for hydroxylation is 2. The Morgan fingerprint density at radius 3 is 1.65 bits per heavy atom. The number of aromatic nitrogens is 4. The number of urea groups is 2. The molecule has 0 aliphatic rings. The summed E-state index contributed by atoms with van der Waals surface area (Å²) in [5, 5.41) is 10.5. The molecule has 0 saturated heterocycles. The molecule has 0 spiro atoms. The first kappa shape index (κ1) is 26.5. The average molecular weight is 476 g/mol. The molecule has 0 unspecified atom stereocenters. The first-order chi connectivity index (χ1) is 16.2. The van der Waals surface area contributed by atoms with Crippen molar-refractivity contribution in [3.63, 3.8) is 0 Å². The van der Waals surface area contributed by atoms with Crippen molar-refractivity contribution in [3.05, 3.63) is 44.2 Å². The minimum Gasteiger partial charge on any atom is -0.338 e. The third-order valence-electron chi connectivity index (χ3n) is 4.62. The second-order valence-corrected chi connectivity index (χ2v) is 7.78. The van der Waals surface area contributed by atoms with E-state index in [1.54, 1.807) is 13.8 Å². The Labute approximate surface area is 197 Å². The van der Waals surface area contributed by atoms with Crippen molar-refractivity contribution in [2.45, 2.75) is 40.0 Å². The van der Waals surface area contributed by atoms with Gasteiger partial charge < -0.3 is 15.5 Å². The second-order valence-electron chi connectivity index (χ2n) is 7.78. The highest BCUT2D eigenvalue weighted by Crippen LogP contribution is 1.99. The first-order valence-electron chi connectivity index (χ1n) is 11.2. The summed E-state index contributed by atoms with van der Waals surface area (Å²) < 4.78 is 0. The molecule has 13 nitrogen and oxygen atoms in total. The van der Waals surface area contributed by atoms with E-state index in [9.17, 15) is 19.2 Å². The van der Waals surface area contributed by atoms with Crippen LogP contribution in [0, 0.1) is 13.8 Å². The molecule has 0 saturated carbocycles. The van der Waals surface area contributed by atoms with Crippen molar-refractivity contribution >= 4 is 24.0 Å². The summed E-state index contributed by atoms with van der Waals surface area (Å²) in [6.07, 6.45) is 2.47. The monoisotopic (exact) mass is 475 g/mol. The van der Waals surface area contributed by atoms with Gasteiger partial charge >= 0.3 is 12.1 Å².